The van der Waals surface area contributed by atoms with Gasteiger partial charge in [0.25, 0.3) is 0 Å². The molecular formula is C9H5F5O4. The molecule has 0 spiro atoms. The van der Waals surface area contributed by atoms with Gasteiger partial charge in [-0.05, 0) is 12.1 Å². The number of halogens is 5. The Morgan fingerprint density at radius 1 is 1.00 bits per heavy atom. The second-order valence-corrected chi connectivity index (χ2v) is 2.92. The molecule has 0 aromatic heterocycles. The van der Waals surface area contributed by atoms with Gasteiger partial charge in [-0.15, -0.1) is 13.2 Å². The van der Waals surface area contributed by atoms with Crippen LogP contribution >= 0.6 is 0 Å². The Hall–Kier alpha value is -2.06. The summed E-state index contributed by atoms with van der Waals surface area (Å²) in [6.07, 6.45) is -9.77. The van der Waals surface area contributed by atoms with Crippen molar-refractivity contribution in [3.8, 4) is 11.5 Å². The van der Waals surface area contributed by atoms with E-state index in [-0.39, 0.29) is 0 Å². The molecular weight excluding hydrogens is 267 g/mol. The number of alkyl halides is 5. The van der Waals surface area contributed by atoms with Gasteiger partial charge in [0.15, 0.2) is 11.5 Å². The first-order valence-electron chi connectivity index (χ1n) is 4.27. The fraction of sp³-hybridized carbons (Fsp3) is 0.222. The lowest BCUT2D eigenvalue weighted by Crippen LogP contribution is -2.35. The van der Waals surface area contributed by atoms with E-state index < -0.39 is 29.9 Å². The van der Waals surface area contributed by atoms with Crippen LogP contribution in [0, 0.1) is 0 Å². The normalized spacial score (nSPS) is 12.1. The molecule has 0 aliphatic rings. The fourth-order valence-corrected chi connectivity index (χ4v) is 0.925. The molecule has 0 aliphatic heterocycles. The number of carboxylic acids is 1. The smallest absolute Gasteiger partial charge is 0.474 e. The van der Waals surface area contributed by atoms with Gasteiger partial charge in [0, 0.05) is 0 Å². The predicted octanol–water partition coefficient (Wildman–Crippen LogP) is 2.64. The zero-order valence-electron chi connectivity index (χ0n) is 8.37. The lowest BCUT2D eigenvalue weighted by molar-refractivity contribution is -0.276. The van der Waals surface area contributed by atoms with Crippen molar-refractivity contribution in [2.45, 2.75) is 12.5 Å². The highest BCUT2D eigenvalue weighted by atomic mass is 19.4. The minimum absolute atomic E-state index is 0.709. The minimum Gasteiger partial charge on any atom is -0.474 e. The molecule has 1 rings (SSSR count). The van der Waals surface area contributed by atoms with E-state index in [1.54, 1.807) is 0 Å². The van der Waals surface area contributed by atoms with Gasteiger partial charge in [-0.2, -0.15) is 8.78 Å². The van der Waals surface area contributed by atoms with Gasteiger partial charge in [0.2, 0.25) is 0 Å². The highest BCUT2D eigenvalue weighted by Gasteiger charge is 2.43. The second-order valence-electron chi connectivity index (χ2n) is 2.92. The van der Waals surface area contributed by atoms with Gasteiger partial charge >= 0.3 is 18.4 Å². The molecule has 0 saturated heterocycles. The average molecular weight is 272 g/mol. The Labute approximate surface area is 96.5 Å². The van der Waals surface area contributed by atoms with Crippen LogP contribution in [-0.2, 0) is 4.79 Å². The fourth-order valence-electron chi connectivity index (χ4n) is 0.925. The number of para-hydroxylation sites is 2. The van der Waals surface area contributed by atoms with Crippen molar-refractivity contribution in [1.29, 1.82) is 0 Å². The Kier molecular flexibility index (Phi) is 3.63. The summed E-state index contributed by atoms with van der Waals surface area (Å²) in [6.45, 7) is 0. The number of hydrogen-bond acceptors (Lipinski definition) is 3. The molecule has 0 unspecified atom stereocenters. The summed E-state index contributed by atoms with van der Waals surface area (Å²) in [5, 5.41) is 8.09. The molecule has 0 heterocycles. The molecule has 1 N–H and O–H groups in total. The van der Waals surface area contributed by atoms with E-state index >= 15 is 0 Å². The standard InChI is InChI=1S/C9H5F5O4/c10-8(11,7(15)16)17-5-3-1-2-4-6(5)18-9(12,13)14/h1-4H,(H,15,16). The molecule has 4 nitrogen and oxygen atoms in total. The summed E-state index contributed by atoms with van der Waals surface area (Å²) in [5.74, 6) is -4.74. The van der Waals surface area contributed by atoms with Crippen molar-refractivity contribution in [2.24, 2.45) is 0 Å². The van der Waals surface area contributed by atoms with Crippen molar-refractivity contribution in [3.05, 3.63) is 24.3 Å². The first-order valence-corrected chi connectivity index (χ1v) is 4.27. The Balaban J connectivity index is 3.00. The van der Waals surface area contributed by atoms with E-state index in [4.69, 9.17) is 5.11 Å². The average Bonchev–Trinajstić information content (AvgIpc) is 2.18. The van der Waals surface area contributed by atoms with Gasteiger partial charge in [0.05, 0.1) is 0 Å². The summed E-state index contributed by atoms with van der Waals surface area (Å²) in [6, 6.07) is 3.59. The van der Waals surface area contributed by atoms with E-state index in [9.17, 15) is 26.7 Å². The lowest BCUT2D eigenvalue weighted by atomic mass is 10.3. The molecule has 0 saturated carbocycles. The third kappa shape index (κ3) is 3.75. The van der Waals surface area contributed by atoms with Crippen LogP contribution in [0.2, 0.25) is 0 Å². The number of carbonyl (C=O) groups is 1. The summed E-state index contributed by atoms with van der Waals surface area (Å²) < 4.78 is 68.3. The molecule has 100 valence electrons. The van der Waals surface area contributed by atoms with Gasteiger partial charge in [-0.25, -0.2) is 4.79 Å². The molecule has 1 aromatic carbocycles. The third-order valence-electron chi connectivity index (χ3n) is 1.56. The van der Waals surface area contributed by atoms with Crippen LogP contribution in [-0.4, -0.2) is 23.5 Å². The molecule has 0 radical (unpaired) electrons. The number of aliphatic carboxylic acids is 1. The van der Waals surface area contributed by atoms with Gasteiger partial charge in [-0.1, -0.05) is 12.1 Å². The predicted molar refractivity (Wildman–Crippen MR) is 46.3 cm³/mol. The van der Waals surface area contributed by atoms with Crippen molar-refractivity contribution in [1.82, 2.24) is 0 Å². The number of benzene rings is 1. The molecule has 0 atom stereocenters. The van der Waals surface area contributed by atoms with Gasteiger partial charge < -0.3 is 14.6 Å². The Bertz CT molecular complexity index is 443. The van der Waals surface area contributed by atoms with Crippen LogP contribution < -0.4 is 9.47 Å². The van der Waals surface area contributed by atoms with E-state index in [1.165, 1.54) is 0 Å². The first kappa shape index (κ1) is 14.0. The summed E-state index contributed by atoms with van der Waals surface area (Å²) >= 11 is 0. The summed E-state index contributed by atoms with van der Waals surface area (Å²) in [5.41, 5.74) is 0. The van der Waals surface area contributed by atoms with Crippen molar-refractivity contribution >= 4 is 5.97 Å². The SMILES string of the molecule is O=C(O)C(F)(F)Oc1ccccc1OC(F)(F)F. The maximum Gasteiger partial charge on any atom is 0.573 e. The molecule has 0 amide bonds. The highest BCUT2D eigenvalue weighted by Crippen LogP contribution is 2.34. The number of ether oxygens (including phenoxy) is 2. The van der Waals surface area contributed by atoms with Crippen LogP contribution in [0.5, 0.6) is 11.5 Å². The molecule has 0 fully saturated rings. The van der Waals surface area contributed by atoms with Crippen molar-refractivity contribution in [2.75, 3.05) is 0 Å². The van der Waals surface area contributed by atoms with E-state index in [2.05, 4.69) is 9.47 Å². The van der Waals surface area contributed by atoms with Crippen LogP contribution in [0.25, 0.3) is 0 Å². The summed E-state index contributed by atoms with van der Waals surface area (Å²) in [4.78, 5) is 10.1. The Morgan fingerprint density at radius 2 is 1.44 bits per heavy atom. The van der Waals surface area contributed by atoms with Gasteiger partial charge in [0.1, 0.15) is 0 Å². The van der Waals surface area contributed by atoms with Crippen molar-refractivity contribution < 1.29 is 41.3 Å². The lowest BCUT2D eigenvalue weighted by Gasteiger charge is -2.17. The number of hydrogen-bond donors (Lipinski definition) is 1. The zero-order chi connectivity index (χ0) is 14.0. The largest absolute Gasteiger partial charge is 0.573 e. The first-order chi connectivity index (χ1) is 8.12. The van der Waals surface area contributed by atoms with Crippen LogP contribution in [0.4, 0.5) is 22.0 Å². The molecule has 18 heavy (non-hydrogen) atoms. The van der Waals surface area contributed by atoms with Crippen LogP contribution in [0.3, 0.4) is 0 Å². The van der Waals surface area contributed by atoms with E-state index in [0.29, 0.717) is 6.07 Å². The quantitative estimate of drug-likeness (QED) is 0.856. The monoisotopic (exact) mass is 272 g/mol. The molecule has 0 aliphatic carbocycles. The highest BCUT2D eigenvalue weighted by molar-refractivity contribution is 5.74. The maximum atomic E-state index is 12.7. The summed E-state index contributed by atoms with van der Waals surface area (Å²) in [7, 11) is 0. The zero-order valence-corrected chi connectivity index (χ0v) is 8.37. The number of carboxylic acid groups (broad SMARTS) is 1. The Morgan fingerprint density at radius 3 is 1.83 bits per heavy atom. The molecule has 0 bridgehead atoms. The number of rotatable bonds is 4. The molecule has 1 aromatic rings. The topological polar surface area (TPSA) is 55.8 Å². The molecule has 9 heteroatoms. The third-order valence-corrected chi connectivity index (χ3v) is 1.56. The van der Waals surface area contributed by atoms with Crippen LogP contribution in [0.15, 0.2) is 24.3 Å². The van der Waals surface area contributed by atoms with Crippen molar-refractivity contribution in [3.63, 3.8) is 0 Å². The van der Waals surface area contributed by atoms with E-state index in [1.807, 2.05) is 0 Å². The maximum absolute atomic E-state index is 12.7. The minimum atomic E-state index is -5.11. The van der Waals surface area contributed by atoms with Gasteiger partial charge in [-0.3, -0.25) is 0 Å². The van der Waals surface area contributed by atoms with E-state index in [0.717, 1.165) is 18.2 Å². The van der Waals surface area contributed by atoms with Crippen LogP contribution in [0.1, 0.15) is 0 Å². The second kappa shape index (κ2) is 4.67.